The van der Waals surface area contributed by atoms with Gasteiger partial charge in [0, 0.05) is 18.2 Å². The molecule has 2 N–H and O–H groups in total. The molecule has 11 heteroatoms. The zero-order valence-electron chi connectivity index (χ0n) is 15.9. The fourth-order valence-electron chi connectivity index (χ4n) is 2.71. The summed E-state index contributed by atoms with van der Waals surface area (Å²) in [5.74, 6) is -1.08. The Morgan fingerprint density at radius 2 is 1.77 bits per heavy atom. The van der Waals surface area contributed by atoms with Crippen LogP contribution in [0.2, 0.25) is 0 Å². The molecule has 7 nitrogen and oxygen atoms in total. The molecule has 0 unspecified atom stereocenters. The third-order valence-corrected chi connectivity index (χ3v) is 6.18. The van der Waals surface area contributed by atoms with E-state index >= 15 is 0 Å². The van der Waals surface area contributed by atoms with Gasteiger partial charge in [-0.1, -0.05) is 24.3 Å². The zero-order chi connectivity index (χ0) is 22.1. The van der Waals surface area contributed by atoms with Gasteiger partial charge in [-0.15, -0.1) is 0 Å². The molecular formula is C19H17F3N4O3S. The maximum absolute atomic E-state index is 12.9. The lowest BCUT2D eigenvalue weighted by molar-refractivity contribution is -0.141. The molecule has 1 amide bonds. The van der Waals surface area contributed by atoms with E-state index in [4.69, 9.17) is 0 Å². The van der Waals surface area contributed by atoms with Gasteiger partial charge in [-0.05, 0) is 37.3 Å². The van der Waals surface area contributed by atoms with Gasteiger partial charge in [0.1, 0.15) is 5.69 Å². The van der Waals surface area contributed by atoms with Crippen molar-refractivity contribution >= 4 is 27.4 Å². The first kappa shape index (κ1) is 21.4. The third-order valence-electron chi connectivity index (χ3n) is 4.40. The quantitative estimate of drug-likeness (QED) is 0.633. The van der Waals surface area contributed by atoms with E-state index in [0.717, 1.165) is 17.3 Å². The number of benzene rings is 2. The minimum atomic E-state index is -4.64. The summed E-state index contributed by atoms with van der Waals surface area (Å²) in [4.78, 5) is 12.3. The smallest absolute Gasteiger partial charge is 0.305 e. The lowest BCUT2D eigenvalue weighted by Crippen LogP contribution is -2.26. The standard InChI is InChI=1S/C19H17F3N4O3S/c1-12-16(19(20,21)22)24-25-17(12)23-18(27)13-7-6-10-15(11-13)30(28,29)26(2)14-8-4-3-5-9-14/h3-11H,1-2H3,(H2,23,24,25,27). The van der Waals surface area contributed by atoms with Crippen LogP contribution in [0.15, 0.2) is 59.5 Å². The Labute approximate surface area is 170 Å². The number of halogens is 3. The van der Waals surface area contributed by atoms with Crippen LogP contribution >= 0.6 is 0 Å². The van der Waals surface area contributed by atoms with Crippen molar-refractivity contribution in [3.05, 3.63) is 71.4 Å². The van der Waals surface area contributed by atoms with Crippen molar-refractivity contribution < 1.29 is 26.4 Å². The largest absolute Gasteiger partial charge is 0.433 e. The van der Waals surface area contributed by atoms with Gasteiger partial charge in [-0.3, -0.25) is 14.2 Å². The van der Waals surface area contributed by atoms with E-state index in [2.05, 4.69) is 10.4 Å². The Hall–Kier alpha value is -3.34. The Bertz CT molecular complexity index is 1180. The van der Waals surface area contributed by atoms with Crippen molar-refractivity contribution in [3.8, 4) is 0 Å². The molecule has 0 aliphatic carbocycles. The highest BCUT2D eigenvalue weighted by Gasteiger charge is 2.36. The maximum atomic E-state index is 12.9. The number of nitrogens with zero attached hydrogens (tertiary/aromatic N) is 2. The van der Waals surface area contributed by atoms with Crippen LogP contribution in [0.3, 0.4) is 0 Å². The molecule has 0 saturated heterocycles. The predicted octanol–water partition coefficient (Wildman–Crippen LogP) is 3.81. The number of rotatable bonds is 5. The third kappa shape index (κ3) is 4.15. The van der Waals surface area contributed by atoms with E-state index in [1.807, 2.05) is 5.10 Å². The van der Waals surface area contributed by atoms with Crippen LogP contribution in [0.1, 0.15) is 21.6 Å². The highest BCUT2D eigenvalue weighted by molar-refractivity contribution is 7.92. The Kier molecular flexibility index (Phi) is 5.57. The van der Waals surface area contributed by atoms with E-state index in [0.29, 0.717) is 5.69 Å². The highest BCUT2D eigenvalue weighted by atomic mass is 32.2. The van der Waals surface area contributed by atoms with Gasteiger partial charge < -0.3 is 5.32 Å². The molecule has 3 rings (SSSR count). The molecule has 0 fully saturated rings. The summed E-state index contributed by atoms with van der Waals surface area (Å²) in [5, 5.41) is 7.60. The molecule has 2 aromatic carbocycles. The highest BCUT2D eigenvalue weighted by Crippen LogP contribution is 2.32. The first-order valence-electron chi connectivity index (χ1n) is 8.59. The zero-order valence-corrected chi connectivity index (χ0v) is 16.7. The summed E-state index contributed by atoms with van der Waals surface area (Å²) in [6.45, 7) is 1.16. The maximum Gasteiger partial charge on any atom is 0.433 e. The van der Waals surface area contributed by atoms with Crippen molar-refractivity contribution in [3.63, 3.8) is 0 Å². The predicted molar refractivity (Wildman–Crippen MR) is 105 cm³/mol. The monoisotopic (exact) mass is 438 g/mol. The van der Waals surface area contributed by atoms with Gasteiger partial charge in [-0.2, -0.15) is 18.3 Å². The number of sulfonamides is 1. The van der Waals surface area contributed by atoms with Crippen LogP contribution in [0.25, 0.3) is 0 Å². The number of H-pyrrole nitrogens is 1. The molecular weight excluding hydrogens is 421 g/mol. The summed E-state index contributed by atoms with van der Waals surface area (Å²) >= 11 is 0. The van der Waals surface area contributed by atoms with Crippen LogP contribution in [0.4, 0.5) is 24.7 Å². The SMILES string of the molecule is Cc1c(NC(=O)c2cccc(S(=O)(=O)N(C)c3ccccc3)c2)n[nH]c1C(F)(F)F. The lowest BCUT2D eigenvalue weighted by Gasteiger charge is -2.19. The van der Waals surface area contributed by atoms with E-state index in [-0.39, 0.29) is 21.8 Å². The second-order valence-electron chi connectivity index (χ2n) is 6.36. The molecule has 1 aromatic heterocycles. The second-order valence-corrected chi connectivity index (χ2v) is 8.33. The summed E-state index contributed by atoms with van der Waals surface area (Å²) in [7, 11) is -2.58. The van der Waals surface area contributed by atoms with E-state index in [1.54, 1.807) is 30.3 Å². The lowest BCUT2D eigenvalue weighted by atomic mass is 10.2. The summed E-state index contributed by atoms with van der Waals surface area (Å²) in [5.41, 5.74) is -0.963. The number of anilines is 2. The molecule has 0 saturated carbocycles. The first-order valence-corrected chi connectivity index (χ1v) is 10.0. The Morgan fingerprint density at radius 3 is 2.37 bits per heavy atom. The summed E-state index contributed by atoms with van der Waals surface area (Å²) in [6, 6.07) is 13.6. The number of carbonyl (C=O) groups excluding carboxylic acids is 1. The number of aromatic amines is 1. The molecule has 0 aliphatic rings. The molecule has 0 spiro atoms. The van der Waals surface area contributed by atoms with Crippen molar-refractivity contribution in [2.75, 3.05) is 16.7 Å². The van der Waals surface area contributed by atoms with Crippen LogP contribution in [0.5, 0.6) is 0 Å². The minimum absolute atomic E-state index is 0.0477. The summed E-state index contributed by atoms with van der Waals surface area (Å²) < 4.78 is 65.4. The van der Waals surface area contributed by atoms with Crippen molar-refractivity contribution in [1.29, 1.82) is 0 Å². The van der Waals surface area contributed by atoms with Gasteiger partial charge in [0.15, 0.2) is 5.82 Å². The van der Waals surface area contributed by atoms with E-state index in [1.165, 1.54) is 25.2 Å². The van der Waals surface area contributed by atoms with Crippen LogP contribution in [-0.4, -0.2) is 31.6 Å². The first-order chi connectivity index (χ1) is 14.0. The van der Waals surface area contributed by atoms with Crippen molar-refractivity contribution in [2.24, 2.45) is 0 Å². The topological polar surface area (TPSA) is 95.2 Å². The van der Waals surface area contributed by atoms with Crippen LogP contribution in [0, 0.1) is 6.92 Å². The average molecular weight is 438 g/mol. The van der Waals surface area contributed by atoms with Crippen LogP contribution < -0.4 is 9.62 Å². The Morgan fingerprint density at radius 1 is 1.10 bits per heavy atom. The molecule has 0 aliphatic heterocycles. The van der Waals surface area contributed by atoms with Gasteiger partial charge in [0.25, 0.3) is 15.9 Å². The molecule has 0 bridgehead atoms. The average Bonchev–Trinajstić information content (AvgIpc) is 3.08. The van der Waals surface area contributed by atoms with E-state index < -0.39 is 27.8 Å². The molecule has 158 valence electrons. The number of amides is 1. The molecule has 3 aromatic rings. The van der Waals surface area contributed by atoms with Gasteiger partial charge >= 0.3 is 6.18 Å². The number of para-hydroxylation sites is 1. The summed E-state index contributed by atoms with van der Waals surface area (Å²) in [6.07, 6.45) is -4.64. The number of alkyl halides is 3. The normalized spacial score (nSPS) is 11.9. The number of hydrogen-bond acceptors (Lipinski definition) is 4. The molecule has 0 atom stereocenters. The number of nitrogens with one attached hydrogen (secondary N) is 2. The van der Waals surface area contributed by atoms with Crippen molar-refractivity contribution in [1.82, 2.24) is 10.2 Å². The fraction of sp³-hybridized carbons (Fsp3) is 0.158. The molecule has 1 heterocycles. The number of hydrogen-bond donors (Lipinski definition) is 2. The van der Waals surface area contributed by atoms with Crippen LogP contribution in [-0.2, 0) is 16.2 Å². The minimum Gasteiger partial charge on any atom is -0.305 e. The Balaban J connectivity index is 1.87. The second kappa shape index (κ2) is 7.82. The fourth-order valence-corrected chi connectivity index (χ4v) is 3.95. The molecule has 30 heavy (non-hydrogen) atoms. The van der Waals surface area contributed by atoms with Gasteiger partial charge in [0.2, 0.25) is 0 Å². The number of carbonyl (C=O) groups is 1. The van der Waals surface area contributed by atoms with Gasteiger partial charge in [0.05, 0.1) is 10.6 Å². The van der Waals surface area contributed by atoms with E-state index in [9.17, 15) is 26.4 Å². The number of aromatic nitrogens is 2. The van der Waals surface area contributed by atoms with Crippen molar-refractivity contribution in [2.45, 2.75) is 18.0 Å². The molecule has 0 radical (unpaired) electrons. The van der Waals surface area contributed by atoms with Gasteiger partial charge in [-0.25, -0.2) is 8.42 Å².